The molecule has 1 aromatic heterocycles. The zero-order valence-corrected chi connectivity index (χ0v) is 14.2. The molecule has 0 aliphatic carbocycles. The van der Waals surface area contributed by atoms with Gasteiger partial charge in [0.1, 0.15) is 0 Å². The second-order valence-electron chi connectivity index (χ2n) is 6.33. The minimum absolute atomic E-state index is 0.0412. The van der Waals surface area contributed by atoms with Crippen molar-refractivity contribution in [3.63, 3.8) is 0 Å². The van der Waals surface area contributed by atoms with Crippen LogP contribution in [0.25, 0.3) is 10.9 Å². The Kier molecular flexibility index (Phi) is 4.42. The quantitative estimate of drug-likeness (QED) is 0.679. The van der Waals surface area contributed by atoms with E-state index in [1.54, 1.807) is 13.1 Å². The van der Waals surface area contributed by atoms with Gasteiger partial charge in [-0.3, -0.25) is 14.6 Å². The normalized spacial score (nSPS) is 12.2. The highest BCUT2D eigenvalue weighted by atomic mass is 35.5. The van der Waals surface area contributed by atoms with Gasteiger partial charge in [-0.15, -0.1) is 0 Å². The van der Waals surface area contributed by atoms with Crippen molar-refractivity contribution < 1.29 is 4.74 Å². The highest BCUT2D eigenvalue weighted by Gasteiger charge is 2.14. The van der Waals surface area contributed by atoms with Crippen molar-refractivity contribution in [2.75, 3.05) is 6.61 Å². The second kappa shape index (κ2) is 5.75. The lowest BCUT2D eigenvalue weighted by Crippen LogP contribution is -2.21. The highest BCUT2D eigenvalue weighted by Crippen LogP contribution is 2.21. The molecule has 2 aromatic rings. The van der Waals surface area contributed by atoms with Crippen LogP contribution in [0.15, 0.2) is 16.9 Å². The maximum Gasteiger partial charge on any atom is 0.274 e. The molecular formula is C14H21ClN2O2Si. The average molecular weight is 313 g/mol. The summed E-state index contributed by atoms with van der Waals surface area (Å²) in [6.45, 7) is 8.10. The fraction of sp³-hybridized carbons (Fsp3) is 0.500. The summed E-state index contributed by atoms with van der Waals surface area (Å²) in [6, 6.07) is 4.69. The number of ether oxygens (including phenoxy) is 1. The minimum atomic E-state index is -1.09. The van der Waals surface area contributed by atoms with E-state index in [2.05, 4.69) is 24.7 Å². The van der Waals surface area contributed by atoms with Crippen LogP contribution in [0.2, 0.25) is 30.7 Å². The maximum atomic E-state index is 12.1. The summed E-state index contributed by atoms with van der Waals surface area (Å²) >= 11 is 6.09. The minimum Gasteiger partial charge on any atom is -0.377 e. The zero-order valence-electron chi connectivity index (χ0n) is 12.4. The van der Waals surface area contributed by atoms with Crippen molar-refractivity contribution in [1.29, 1.82) is 0 Å². The van der Waals surface area contributed by atoms with E-state index >= 15 is 0 Å². The van der Waals surface area contributed by atoms with E-state index in [-0.39, 0.29) is 5.56 Å². The van der Waals surface area contributed by atoms with Gasteiger partial charge in [0.25, 0.3) is 5.56 Å². The lowest BCUT2D eigenvalue weighted by molar-refractivity contribution is 0.134. The predicted octanol–water partition coefficient (Wildman–Crippen LogP) is 3.37. The second-order valence-corrected chi connectivity index (χ2v) is 12.4. The topological polar surface area (TPSA) is 47.0 Å². The van der Waals surface area contributed by atoms with Crippen LogP contribution in [0.4, 0.5) is 0 Å². The first-order chi connectivity index (χ1) is 9.28. The number of aromatic amines is 1. The van der Waals surface area contributed by atoms with E-state index in [9.17, 15) is 4.79 Å². The molecule has 0 amide bonds. The van der Waals surface area contributed by atoms with Crippen LogP contribution < -0.4 is 5.56 Å². The molecule has 0 radical (unpaired) electrons. The molecule has 0 fully saturated rings. The van der Waals surface area contributed by atoms with Gasteiger partial charge in [0.15, 0.2) is 0 Å². The first-order valence-corrected chi connectivity index (χ1v) is 10.8. The van der Waals surface area contributed by atoms with Crippen LogP contribution in [-0.2, 0) is 18.4 Å². The third-order valence-electron chi connectivity index (χ3n) is 3.25. The van der Waals surface area contributed by atoms with Crippen LogP contribution in [0.3, 0.4) is 0 Å². The number of fused-ring (bicyclic) bond motifs is 1. The Morgan fingerprint density at radius 3 is 2.70 bits per heavy atom. The summed E-state index contributed by atoms with van der Waals surface area (Å²) < 4.78 is 7.20. The number of aryl methyl sites for hydroxylation is 1. The molecule has 0 saturated heterocycles. The van der Waals surface area contributed by atoms with Gasteiger partial charge in [-0.25, -0.2) is 0 Å². The molecule has 0 aliphatic rings. The summed E-state index contributed by atoms with van der Waals surface area (Å²) in [6.07, 6.45) is 0. The van der Waals surface area contributed by atoms with E-state index in [1.807, 2.05) is 6.07 Å². The molecule has 1 N–H and O–H groups in total. The Balaban J connectivity index is 2.19. The van der Waals surface area contributed by atoms with Gasteiger partial charge >= 0.3 is 0 Å². The number of nitrogens with one attached hydrogen (secondary N) is 1. The standard InChI is InChI=1S/C14H21ClN2O2Si/c1-17-14(18)13-10(7-11(15)8-12(13)16-17)9-19-5-6-20(2,3)4/h7-8,16H,5-6,9H2,1-4H3. The van der Waals surface area contributed by atoms with Crippen LogP contribution in [0.5, 0.6) is 0 Å². The molecule has 6 heteroatoms. The number of benzene rings is 1. The molecule has 0 bridgehead atoms. The van der Waals surface area contributed by atoms with Crippen molar-refractivity contribution in [3.05, 3.63) is 33.1 Å². The summed E-state index contributed by atoms with van der Waals surface area (Å²) in [5.74, 6) is 0. The number of nitrogens with zero attached hydrogens (tertiary/aromatic N) is 1. The molecule has 20 heavy (non-hydrogen) atoms. The molecule has 110 valence electrons. The molecule has 4 nitrogen and oxygen atoms in total. The average Bonchev–Trinajstić information content (AvgIpc) is 2.59. The highest BCUT2D eigenvalue weighted by molar-refractivity contribution is 6.76. The van der Waals surface area contributed by atoms with Crippen LogP contribution in [-0.4, -0.2) is 24.5 Å². The number of H-pyrrole nitrogens is 1. The van der Waals surface area contributed by atoms with Gasteiger partial charge < -0.3 is 4.74 Å². The van der Waals surface area contributed by atoms with E-state index < -0.39 is 8.07 Å². The van der Waals surface area contributed by atoms with Gasteiger partial charge in [-0.1, -0.05) is 31.2 Å². The summed E-state index contributed by atoms with van der Waals surface area (Å²) in [4.78, 5) is 12.1. The number of aromatic nitrogens is 2. The van der Waals surface area contributed by atoms with E-state index in [4.69, 9.17) is 16.3 Å². The van der Waals surface area contributed by atoms with Crippen LogP contribution in [0.1, 0.15) is 5.56 Å². The smallest absolute Gasteiger partial charge is 0.274 e. The lowest BCUT2D eigenvalue weighted by Gasteiger charge is -2.15. The fourth-order valence-electron chi connectivity index (χ4n) is 2.08. The Bertz CT molecular complexity index is 670. The van der Waals surface area contributed by atoms with E-state index in [0.717, 1.165) is 23.7 Å². The van der Waals surface area contributed by atoms with Crippen LogP contribution in [0, 0.1) is 0 Å². The monoisotopic (exact) mass is 312 g/mol. The van der Waals surface area contributed by atoms with E-state index in [0.29, 0.717) is 17.0 Å². The van der Waals surface area contributed by atoms with Crippen molar-refractivity contribution in [2.24, 2.45) is 7.05 Å². The molecule has 1 aromatic carbocycles. The maximum absolute atomic E-state index is 12.1. The Labute approximate surface area is 124 Å². The van der Waals surface area contributed by atoms with Gasteiger partial charge in [0, 0.05) is 26.8 Å². The van der Waals surface area contributed by atoms with Crippen LogP contribution >= 0.6 is 11.6 Å². The van der Waals surface area contributed by atoms with Gasteiger partial charge in [0.05, 0.1) is 17.5 Å². The molecule has 0 atom stereocenters. The largest absolute Gasteiger partial charge is 0.377 e. The van der Waals surface area contributed by atoms with Crippen molar-refractivity contribution >= 4 is 30.6 Å². The number of hydrogen-bond acceptors (Lipinski definition) is 2. The van der Waals surface area contributed by atoms with Crippen molar-refractivity contribution in [3.8, 4) is 0 Å². The first-order valence-electron chi connectivity index (χ1n) is 6.73. The molecule has 0 aliphatic heterocycles. The first kappa shape index (κ1) is 15.3. The van der Waals surface area contributed by atoms with Crippen molar-refractivity contribution in [1.82, 2.24) is 9.78 Å². The summed E-state index contributed by atoms with van der Waals surface area (Å²) in [5.41, 5.74) is 1.57. The molecule has 0 unspecified atom stereocenters. The van der Waals surface area contributed by atoms with E-state index in [1.165, 1.54) is 4.68 Å². The Hall–Kier alpha value is -1.04. The molecule has 0 saturated carbocycles. The third-order valence-corrected chi connectivity index (χ3v) is 5.17. The summed E-state index contributed by atoms with van der Waals surface area (Å²) in [7, 11) is 0.611. The zero-order chi connectivity index (χ0) is 14.9. The Morgan fingerprint density at radius 1 is 1.35 bits per heavy atom. The molecule has 2 rings (SSSR count). The summed E-state index contributed by atoms with van der Waals surface area (Å²) in [5, 5.41) is 4.28. The Morgan fingerprint density at radius 2 is 2.05 bits per heavy atom. The number of halogens is 1. The fourth-order valence-corrected chi connectivity index (χ4v) is 3.08. The SMILES string of the molecule is Cn1[nH]c2cc(Cl)cc(COCC[Si](C)(C)C)c2c1=O. The lowest BCUT2D eigenvalue weighted by atomic mass is 10.1. The van der Waals surface area contributed by atoms with Crippen molar-refractivity contribution in [2.45, 2.75) is 32.3 Å². The third kappa shape index (κ3) is 3.53. The van der Waals surface area contributed by atoms with Gasteiger partial charge in [-0.2, -0.15) is 0 Å². The van der Waals surface area contributed by atoms with Gasteiger partial charge in [0.2, 0.25) is 0 Å². The molecule has 1 heterocycles. The molecular weight excluding hydrogens is 292 g/mol. The van der Waals surface area contributed by atoms with Gasteiger partial charge in [-0.05, 0) is 23.7 Å². The predicted molar refractivity (Wildman–Crippen MR) is 86.4 cm³/mol. The molecule has 0 spiro atoms. The number of hydrogen-bond donors (Lipinski definition) is 1. The number of rotatable bonds is 5.